The standard InChI is InChI=1S/C19H16BClN6O3/c1-26-9-22-17-15(26)18(28)27(19(20)24-17)7-14-23-16(25-30-14)11-6-13(29-8-11)10-2-4-12(21)5-3-10/h2-5,9,11,13H,6-8H2,1H3/t11-,13+/m0/s1. The van der Waals surface area contributed by atoms with Crippen molar-refractivity contribution >= 4 is 36.3 Å². The van der Waals surface area contributed by atoms with Crippen molar-refractivity contribution in [3.63, 3.8) is 0 Å². The zero-order chi connectivity index (χ0) is 20.8. The second-order valence-electron chi connectivity index (χ2n) is 7.24. The average molecular weight is 423 g/mol. The van der Waals surface area contributed by atoms with Crippen LogP contribution in [0.3, 0.4) is 0 Å². The van der Waals surface area contributed by atoms with Crippen molar-refractivity contribution in [1.82, 2.24) is 29.2 Å². The first-order valence-corrected chi connectivity index (χ1v) is 9.74. The Morgan fingerprint density at radius 1 is 1.27 bits per heavy atom. The monoisotopic (exact) mass is 422 g/mol. The number of hydrogen-bond acceptors (Lipinski definition) is 7. The number of hydrogen-bond donors (Lipinski definition) is 0. The quantitative estimate of drug-likeness (QED) is 0.456. The molecule has 2 radical (unpaired) electrons. The molecule has 5 rings (SSSR count). The molecule has 0 amide bonds. The van der Waals surface area contributed by atoms with E-state index in [2.05, 4.69) is 20.1 Å². The molecule has 2 atom stereocenters. The highest BCUT2D eigenvalue weighted by Gasteiger charge is 2.31. The van der Waals surface area contributed by atoms with Gasteiger partial charge in [0, 0.05) is 18.0 Å². The molecule has 30 heavy (non-hydrogen) atoms. The highest BCUT2D eigenvalue weighted by Crippen LogP contribution is 2.37. The molecule has 1 aliphatic rings. The molecule has 1 aliphatic heterocycles. The summed E-state index contributed by atoms with van der Waals surface area (Å²) in [5.74, 6) is 0.814. The molecule has 0 unspecified atom stereocenters. The maximum absolute atomic E-state index is 12.8. The lowest BCUT2D eigenvalue weighted by atomic mass is 10.0. The maximum Gasteiger partial charge on any atom is 0.279 e. The Hall–Kier alpha value is -2.98. The van der Waals surface area contributed by atoms with Gasteiger partial charge in [0.05, 0.1) is 24.8 Å². The summed E-state index contributed by atoms with van der Waals surface area (Å²) in [6.45, 7) is 0.511. The number of fused-ring (bicyclic) bond motifs is 1. The van der Waals surface area contributed by atoms with Crippen LogP contribution in [0.5, 0.6) is 0 Å². The Labute approximate surface area is 177 Å². The number of aromatic nitrogens is 6. The molecule has 9 nitrogen and oxygen atoms in total. The van der Waals surface area contributed by atoms with Gasteiger partial charge in [0.2, 0.25) is 5.89 Å². The number of ether oxygens (including phenoxy) is 1. The van der Waals surface area contributed by atoms with Gasteiger partial charge in [0.1, 0.15) is 6.54 Å². The number of rotatable bonds is 4. The molecule has 1 fully saturated rings. The SMILES string of the molecule is [B]c1nc2ncn(C)c2c(=O)n1Cc1nc([C@@H]2CO[C@@H](c3ccc(Cl)cc3)C2)no1. The molecular weight excluding hydrogens is 407 g/mol. The van der Waals surface area contributed by atoms with E-state index >= 15 is 0 Å². The molecule has 1 aromatic carbocycles. The predicted molar refractivity (Wildman–Crippen MR) is 109 cm³/mol. The summed E-state index contributed by atoms with van der Waals surface area (Å²) in [7, 11) is 7.67. The van der Waals surface area contributed by atoms with Crippen LogP contribution in [0.15, 0.2) is 39.9 Å². The lowest BCUT2D eigenvalue weighted by Gasteiger charge is -2.09. The van der Waals surface area contributed by atoms with Crippen molar-refractivity contribution in [3.8, 4) is 0 Å². The summed E-state index contributed by atoms with van der Waals surface area (Å²) in [6.07, 6.45) is 2.19. The molecule has 0 N–H and O–H groups in total. The zero-order valence-corrected chi connectivity index (χ0v) is 16.8. The van der Waals surface area contributed by atoms with E-state index in [9.17, 15) is 4.79 Å². The fourth-order valence-electron chi connectivity index (χ4n) is 3.65. The lowest BCUT2D eigenvalue weighted by molar-refractivity contribution is 0.110. The van der Waals surface area contributed by atoms with Crippen molar-refractivity contribution in [2.24, 2.45) is 7.05 Å². The number of benzene rings is 1. The summed E-state index contributed by atoms with van der Waals surface area (Å²) in [6, 6.07) is 7.59. The molecule has 0 spiro atoms. The van der Waals surface area contributed by atoms with Crippen LogP contribution in [0.25, 0.3) is 11.2 Å². The van der Waals surface area contributed by atoms with Gasteiger partial charge in [-0.15, -0.1) is 0 Å². The number of aryl methyl sites for hydroxylation is 1. The molecule has 3 aromatic heterocycles. The molecule has 0 saturated carbocycles. The van der Waals surface area contributed by atoms with Crippen molar-refractivity contribution < 1.29 is 9.26 Å². The zero-order valence-electron chi connectivity index (χ0n) is 16.0. The summed E-state index contributed by atoms with van der Waals surface area (Å²) in [4.78, 5) is 25.5. The topological polar surface area (TPSA) is 101 Å². The minimum atomic E-state index is -0.316. The first kappa shape index (κ1) is 19.0. The third-order valence-electron chi connectivity index (χ3n) is 5.24. The van der Waals surface area contributed by atoms with Crippen molar-refractivity contribution in [1.29, 1.82) is 0 Å². The van der Waals surface area contributed by atoms with Crippen molar-refractivity contribution in [3.05, 3.63) is 63.2 Å². The number of halogens is 1. The lowest BCUT2D eigenvalue weighted by Crippen LogP contribution is -2.36. The second-order valence-corrected chi connectivity index (χ2v) is 7.68. The van der Waals surface area contributed by atoms with Crippen LogP contribution in [0.4, 0.5) is 0 Å². The molecule has 4 aromatic rings. The molecular formula is C19H16BClN6O3. The van der Waals surface area contributed by atoms with E-state index in [0.29, 0.717) is 28.6 Å². The molecule has 150 valence electrons. The first-order valence-electron chi connectivity index (χ1n) is 9.36. The third-order valence-corrected chi connectivity index (χ3v) is 5.50. The van der Waals surface area contributed by atoms with Crippen LogP contribution in [0.2, 0.25) is 5.02 Å². The van der Waals surface area contributed by atoms with E-state index in [-0.39, 0.29) is 35.7 Å². The highest BCUT2D eigenvalue weighted by atomic mass is 35.5. The van der Waals surface area contributed by atoms with Gasteiger partial charge in [-0.2, -0.15) is 4.98 Å². The maximum atomic E-state index is 12.8. The van der Waals surface area contributed by atoms with Crippen LogP contribution in [-0.4, -0.2) is 43.7 Å². The van der Waals surface area contributed by atoms with Gasteiger partial charge < -0.3 is 13.8 Å². The van der Waals surface area contributed by atoms with Gasteiger partial charge in [0.25, 0.3) is 5.56 Å². The van der Waals surface area contributed by atoms with Gasteiger partial charge in [-0.3, -0.25) is 9.36 Å². The average Bonchev–Trinajstić information content (AvgIpc) is 3.46. The summed E-state index contributed by atoms with van der Waals surface area (Å²) >= 11 is 5.95. The Bertz CT molecular complexity index is 1280. The Balaban J connectivity index is 1.35. The van der Waals surface area contributed by atoms with Crippen molar-refractivity contribution in [2.45, 2.75) is 25.0 Å². The van der Waals surface area contributed by atoms with Crippen molar-refractivity contribution in [2.75, 3.05) is 6.61 Å². The molecule has 0 aliphatic carbocycles. The van der Waals surface area contributed by atoms with Crippen LogP contribution in [0.1, 0.15) is 35.7 Å². The van der Waals surface area contributed by atoms with E-state index in [1.807, 2.05) is 24.3 Å². The van der Waals surface area contributed by atoms with Gasteiger partial charge in [-0.1, -0.05) is 28.9 Å². The van der Waals surface area contributed by atoms with Gasteiger partial charge in [-0.25, -0.2) is 9.97 Å². The van der Waals surface area contributed by atoms with Gasteiger partial charge in [-0.05, 0) is 24.1 Å². The van der Waals surface area contributed by atoms with E-state index < -0.39 is 0 Å². The second kappa shape index (κ2) is 7.37. The van der Waals surface area contributed by atoms with Crippen LogP contribution in [0, 0.1) is 0 Å². The fraction of sp³-hybridized carbons (Fsp3) is 0.316. The summed E-state index contributed by atoms with van der Waals surface area (Å²) in [5, 5.41) is 4.77. The summed E-state index contributed by atoms with van der Waals surface area (Å²) < 4.78 is 14.2. The number of nitrogens with zero attached hydrogens (tertiary/aromatic N) is 6. The number of imidazole rings is 1. The normalized spacial score (nSPS) is 19.0. The van der Waals surface area contributed by atoms with Crippen LogP contribution >= 0.6 is 11.6 Å². The predicted octanol–water partition coefficient (Wildman–Crippen LogP) is 1.25. The van der Waals surface area contributed by atoms with Gasteiger partial charge in [0.15, 0.2) is 24.8 Å². The molecule has 1 saturated heterocycles. The van der Waals surface area contributed by atoms with E-state index in [1.165, 1.54) is 10.9 Å². The largest absolute Gasteiger partial charge is 0.373 e. The fourth-order valence-corrected chi connectivity index (χ4v) is 3.78. The minimum absolute atomic E-state index is 0.00470. The van der Waals surface area contributed by atoms with E-state index in [4.69, 9.17) is 28.7 Å². The first-order chi connectivity index (χ1) is 14.5. The van der Waals surface area contributed by atoms with Crippen LogP contribution in [-0.2, 0) is 18.3 Å². The Morgan fingerprint density at radius 3 is 2.87 bits per heavy atom. The van der Waals surface area contributed by atoms with E-state index in [0.717, 1.165) is 12.0 Å². The third kappa shape index (κ3) is 3.31. The Kier molecular flexibility index (Phi) is 4.67. The Morgan fingerprint density at radius 2 is 2.07 bits per heavy atom. The highest BCUT2D eigenvalue weighted by molar-refractivity contribution is 6.30. The van der Waals surface area contributed by atoms with E-state index in [1.54, 1.807) is 11.6 Å². The minimum Gasteiger partial charge on any atom is -0.373 e. The van der Waals surface area contributed by atoms with Crippen LogP contribution < -0.4 is 11.3 Å². The molecule has 0 bridgehead atoms. The summed E-state index contributed by atoms with van der Waals surface area (Å²) in [5.41, 5.74) is 1.44. The van der Waals surface area contributed by atoms with Gasteiger partial charge >= 0.3 is 0 Å². The smallest absolute Gasteiger partial charge is 0.279 e. The molecule has 11 heteroatoms. The molecule has 4 heterocycles.